The number of allylic oxidation sites excluding steroid dienone is 1. The molecule has 1 unspecified atom stereocenters. The van der Waals surface area contributed by atoms with Crippen molar-refractivity contribution < 1.29 is 19.8 Å². The maximum atomic E-state index is 14.1. The summed E-state index contributed by atoms with van der Waals surface area (Å²) in [4.78, 5) is 30.2. The van der Waals surface area contributed by atoms with Crippen LogP contribution in [0, 0.1) is 5.92 Å². The third-order valence-corrected chi connectivity index (χ3v) is 8.98. The first kappa shape index (κ1) is 30.4. The highest BCUT2D eigenvalue weighted by Gasteiger charge is 2.52. The van der Waals surface area contributed by atoms with Gasteiger partial charge in [0.05, 0.1) is 30.5 Å². The van der Waals surface area contributed by atoms with Crippen molar-refractivity contribution in [2.24, 2.45) is 5.92 Å². The second kappa shape index (κ2) is 13.2. The van der Waals surface area contributed by atoms with E-state index in [-0.39, 0.29) is 24.3 Å². The molecular formula is C36H39N5O4. The van der Waals surface area contributed by atoms with Gasteiger partial charge in [0.1, 0.15) is 0 Å². The van der Waals surface area contributed by atoms with Crippen LogP contribution in [0.1, 0.15) is 60.9 Å². The molecule has 45 heavy (non-hydrogen) atoms. The lowest BCUT2D eigenvalue weighted by molar-refractivity contribution is -0.139. The highest BCUT2D eigenvalue weighted by Crippen LogP contribution is 2.47. The number of benzene rings is 3. The van der Waals surface area contributed by atoms with E-state index in [0.29, 0.717) is 55.1 Å². The quantitative estimate of drug-likeness (QED) is 0.235. The van der Waals surface area contributed by atoms with E-state index in [2.05, 4.69) is 10.3 Å². The monoisotopic (exact) mass is 605 g/mol. The Morgan fingerprint density at radius 2 is 1.76 bits per heavy atom. The topological polar surface area (TPSA) is 112 Å². The number of aromatic nitrogens is 3. The second-order valence-corrected chi connectivity index (χ2v) is 11.9. The van der Waals surface area contributed by atoms with Crippen LogP contribution in [-0.2, 0) is 28.3 Å². The summed E-state index contributed by atoms with van der Waals surface area (Å²) in [6.45, 7) is 3.29. The largest absolute Gasteiger partial charge is 0.395 e. The minimum Gasteiger partial charge on any atom is -0.395 e. The maximum absolute atomic E-state index is 14.1. The molecule has 3 atom stereocenters. The van der Waals surface area contributed by atoms with E-state index in [0.717, 1.165) is 24.0 Å². The van der Waals surface area contributed by atoms with Crippen molar-refractivity contribution in [3.8, 4) is 0 Å². The van der Waals surface area contributed by atoms with Crippen LogP contribution in [-0.4, -0.2) is 50.2 Å². The van der Waals surface area contributed by atoms with Crippen molar-refractivity contribution in [3.63, 3.8) is 0 Å². The smallest absolute Gasteiger partial charge is 0.264 e. The number of hydrogen-bond acceptors (Lipinski definition) is 6. The van der Waals surface area contributed by atoms with Crippen molar-refractivity contribution in [2.45, 2.75) is 57.2 Å². The molecule has 4 aromatic rings. The predicted octanol–water partition coefficient (Wildman–Crippen LogP) is 4.94. The van der Waals surface area contributed by atoms with Gasteiger partial charge >= 0.3 is 0 Å². The first-order valence-electron chi connectivity index (χ1n) is 15.7. The Morgan fingerprint density at radius 1 is 1.00 bits per heavy atom. The predicted molar refractivity (Wildman–Crippen MR) is 172 cm³/mol. The molecule has 2 amide bonds. The van der Waals surface area contributed by atoms with Crippen LogP contribution in [0.3, 0.4) is 0 Å². The lowest BCUT2D eigenvalue weighted by Crippen LogP contribution is -2.44. The minimum absolute atomic E-state index is 0.0634. The Labute approximate surface area is 263 Å². The normalized spacial score (nSPS) is 19.7. The molecule has 1 fully saturated rings. The molecule has 3 aromatic carbocycles. The molecule has 6 rings (SSSR count). The summed E-state index contributed by atoms with van der Waals surface area (Å²) in [5, 5.41) is 30.8. The van der Waals surface area contributed by atoms with Gasteiger partial charge in [-0.1, -0.05) is 85.0 Å². The van der Waals surface area contributed by atoms with Gasteiger partial charge in [0, 0.05) is 42.9 Å². The maximum Gasteiger partial charge on any atom is 0.264 e. The van der Waals surface area contributed by atoms with Gasteiger partial charge in [-0.15, -0.1) is 5.10 Å². The van der Waals surface area contributed by atoms with Crippen LogP contribution in [0.2, 0.25) is 0 Å². The molecule has 0 bridgehead atoms. The van der Waals surface area contributed by atoms with Crippen molar-refractivity contribution in [3.05, 3.63) is 120 Å². The van der Waals surface area contributed by atoms with Crippen LogP contribution in [0.25, 0.3) is 0 Å². The highest BCUT2D eigenvalue weighted by molar-refractivity contribution is 6.08. The summed E-state index contributed by atoms with van der Waals surface area (Å²) in [5.41, 5.74) is 2.73. The van der Waals surface area contributed by atoms with E-state index in [1.807, 2.05) is 104 Å². The molecule has 0 spiro atoms. The summed E-state index contributed by atoms with van der Waals surface area (Å²) in [7, 11) is 0. The molecule has 2 N–H and O–H groups in total. The fourth-order valence-corrected chi connectivity index (χ4v) is 6.39. The first-order chi connectivity index (χ1) is 21.9. The number of carbonyl (C=O) groups is 2. The van der Waals surface area contributed by atoms with Gasteiger partial charge in [-0.05, 0) is 48.6 Å². The Balaban J connectivity index is 1.21. The van der Waals surface area contributed by atoms with Crippen molar-refractivity contribution in [1.82, 2.24) is 15.0 Å². The first-order valence-corrected chi connectivity index (χ1v) is 15.7. The fraction of sp³-hybridized carbons (Fsp3) is 0.333. The minimum atomic E-state index is -1.79. The zero-order valence-electron chi connectivity index (χ0n) is 25.5. The number of rotatable bonds is 11. The molecule has 1 aromatic heterocycles. The lowest BCUT2D eigenvalue weighted by Gasteiger charge is -2.30. The Hall–Kier alpha value is -4.60. The Bertz CT molecular complexity index is 1670. The van der Waals surface area contributed by atoms with Gasteiger partial charge in [0.15, 0.2) is 5.60 Å². The lowest BCUT2D eigenvalue weighted by atomic mass is 9.82. The molecule has 9 nitrogen and oxygen atoms in total. The summed E-state index contributed by atoms with van der Waals surface area (Å²) in [6, 6.07) is 25.0. The van der Waals surface area contributed by atoms with Gasteiger partial charge in [0.25, 0.3) is 5.91 Å². The highest BCUT2D eigenvalue weighted by atomic mass is 16.3. The van der Waals surface area contributed by atoms with E-state index in [1.54, 1.807) is 14.5 Å². The van der Waals surface area contributed by atoms with Gasteiger partial charge in [-0.25, -0.2) is 0 Å². The van der Waals surface area contributed by atoms with Crippen molar-refractivity contribution in [2.75, 3.05) is 23.0 Å². The van der Waals surface area contributed by atoms with Crippen LogP contribution in [0.5, 0.6) is 0 Å². The molecular weight excluding hydrogens is 566 g/mol. The summed E-state index contributed by atoms with van der Waals surface area (Å²) in [5.74, 6) is -1.10. The Kier molecular flexibility index (Phi) is 8.91. The number of piperidine rings is 1. The molecule has 0 aliphatic carbocycles. The third-order valence-electron chi connectivity index (χ3n) is 8.98. The van der Waals surface area contributed by atoms with Crippen LogP contribution in [0.15, 0.2) is 97.2 Å². The van der Waals surface area contributed by atoms with Crippen molar-refractivity contribution in [1.29, 1.82) is 0 Å². The number of amides is 2. The molecule has 0 saturated carbocycles. The second-order valence-electron chi connectivity index (χ2n) is 11.9. The van der Waals surface area contributed by atoms with E-state index < -0.39 is 11.5 Å². The number of nitrogens with zero attached hydrogens (tertiary/aromatic N) is 5. The van der Waals surface area contributed by atoms with Crippen LogP contribution in [0.4, 0.5) is 11.4 Å². The zero-order chi connectivity index (χ0) is 31.4. The van der Waals surface area contributed by atoms with Gasteiger partial charge in [-0.2, -0.15) is 0 Å². The molecule has 9 heteroatoms. The van der Waals surface area contributed by atoms with E-state index in [9.17, 15) is 19.8 Å². The number of carbonyl (C=O) groups excluding carboxylic acids is 2. The van der Waals surface area contributed by atoms with Crippen molar-refractivity contribution >= 4 is 23.2 Å². The molecule has 0 radical (unpaired) electrons. The standard InChI is InChI=1S/C36H39N5O4/c1-26(12-8-10-20-39-24-32(37-38-39)30(25-42)28-15-6-3-7-16-28)36(45)31-22-29(40-21-11-9-17-34(40)43)18-19-33(31)41(35(36)44)23-27-13-4-2-5-14-27/h2-8,12-16,18-19,22,24,26,30,42,45H,9-11,17,20-21,23,25H2,1H3/b12-8+/t26-,30?,36+/m1/s1. The average molecular weight is 606 g/mol. The number of anilines is 2. The molecule has 1 saturated heterocycles. The SMILES string of the molecule is C[C@H](/C=C/CCn1cc(C(CO)c2ccccc2)nn1)[C@@]1(O)C(=O)N(Cc2ccccc2)c2ccc(N3CCCCC3=O)cc21. The summed E-state index contributed by atoms with van der Waals surface area (Å²) < 4.78 is 1.74. The Morgan fingerprint density at radius 3 is 2.49 bits per heavy atom. The van der Waals surface area contributed by atoms with E-state index in [4.69, 9.17) is 0 Å². The summed E-state index contributed by atoms with van der Waals surface area (Å²) in [6.07, 6.45) is 8.58. The van der Waals surface area contributed by atoms with Gasteiger partial charge in [-0.3, -0.25) is 14.3 Å². The number of aryl methyl sites for hydroxylation is 1. The zero-order valence-corrected chi connectivity index (χ0v) is 25.5. The van der Waals surface area contributed by atoms with Crippen LogP contribution >= 0.6 is 0 Å². The number of hydrogen-bond donors (Lipinski definition) is 2. The van der Waals surface area contributed by atoms with Gasteiger partial charge in [0.2, 0.25) is 5.91 Å². The number of aliphatic hydroxyl groups is 2. The third kappa shape index (κ3) is 6.06. The average Bonchev–Trinajstić information content (AvgIpc) is 3.62. The van der Waals surface area contributed by atoms with E-state index >= 15 is 0 Å². The number of fused-ring (bicyclic) bond motifs is 1. The molecule has 2 aliphatic rings. The molecule has 232 valence electrons. The fourth-order valence-electron chi connectivity index (χ4n) is 6.39. The summed E-state index contributed by atoms with van der Waals surface area (Å²) >= 11 is 0. The van der Waals surface area contributed by atoms with Crippen LogP contribution < -0.4 is 9.80 Å². The van der Waals surface area contributed by atoms with E-state index in [1.165, 1.54) is 0 Å². The number of aliphatic hydroxyl groups excluding tert-OH is 1. The van der Waals surface area contributed by atoms with Gasteiger partial charge < -0.3 is 20.0 Å². The molecule has 2 aliphatic heterocycles. The molecule has 3 heterocycles.